The first-order valence-corrected chi connectivity index (χ1v) is 8.77. The predicted molar refractivity (Wildman–Crippen MR) is 84.6 cm³/mol. The second-order valence-electron chi connectivity index (χ2n) is 4.42. The smallest absolute Gasteiger partial charge is 0.377 e. The normalized spacial score (nSPS) is 12.2. The van der Waals surface area contributed by atoms with Gasteiger partial charge in [0.15, 0.2) is 0 Å². The van der Waals surface area contributed by atoms with Gasteiger partial charge in [-0.05, 0) is 18.5 Å². The fraction of sp³-hybridized carbons (Fsp3) is 0.467. The maximum atomic E-state index is 5.37. The Morgan fingerprint density at radius 3 is 2.30 bits per heavy atom. The van der Waals surface area contributed by atoms with Gasteiger partial charge in [-0.25, -0.2) is 0 Å². The lowest BCUT2D eigenvalue weighted by atomic mass is 10.2. The zero-order valence-electron chi connectivity index (χ0n) is 12.6. The molecule has 0 heterocycles. The Hall–Kier alpha value is -0.983. The summed E-state index contributed by atoms with van der Waals surface area (Å²) in [5, 5.41) is 3.37. The summed E-state index contributed by atoms with van der Waals surface area (Å²) >= 11 is 0. The van der Waals surface area contributed by atoms with E-state index >= 15 is 0 Å². The molecule has 0 atom stereocenters. The molecule has 1 rings (SSSR count). The molecule has 5 heteroatoms. The molecule has 1 N–H and O–H groups in total. The van der Waals surface area contributed by atoms with Crippen LogP contribution in [0.5, 0.6) is 0 Å². The molecule has 0 saturated heterocycles. The fourth-order valence-electron chi connectivity index (χ4n) is 1.93. The maximum absolute atomic E-state index is 5.37. The van der Waals surface area contributed by atoms with Crippen molar-refractivity contribution in [2.45, 2.75) is 12.5 Å². The van der Waals surface area contributed by atoms with E-state index < -0.39 is 8.80 Å². The van der Waals surface area contributed by atoms with Crippen LogP contribution in [0, 0.1) is 0 Å². The third-order valence-corrected chi connectivity index (χ3v) is 5.97. The lowest BCUT2D eigenvalue weighted by Gasteiger charge is -2.24. The quantitative estimate of drug-likeness (QED) is 0.532. The van der Waals surface area contributed by atoms with Crippen molar-refractivity contribution in [3.05, 3.63) is 42.0 Å². The Bertz CT molecular complexity index is 372. The van der Waals surface area contributed by atoms with E-state index in [1.807, 2.05) is 18.2 Å². The average molecular weight is 295 g/mol. The molecule has 4 nitrogen and oxygen atoms in total. The van der Waals surface area contributed by atoms with Crippen molar-refractivity contribution in [2.24, 2.45) is 0 Å². The fourth-order valence-corrected chi connectivity index (χ4v) is 3.65. The number of benzene rings is 1. The number of rotatable bonds is 10. The van der Waals surface area contributed by atoms with Crippen molar-refractivity contribution in [1.82, 2.24) is 5.32 Å². The highest BCUT2D eigenvalue weighted by Crippen LogP contribution is 2.14. The minimum absolute atomic E-state index is 0.825. The Balaban J connectivity index is 2.15. The molecular weight excluding hydrogens is 270 g/mol. The summed E-state index contributed by atoms with van der Waals surface area (Å²) in [6, 6.07) is 11.1. The molecule has 112 valence electrons. The summed E-state index contributed by atoms with van der Waals surface area (Å²) in [6.45, 7) is 1.78. The van der Waals surface area contributed by atoms with Gasteiger partial charge in [-0.15, -0.1) is 0 Å². The van der Waals surface area contributed by atoms with Crippen LogP contribution in [-0.4, -0.2) is 43.2 Å². The van der Waals surface area contributed by atoms with Gasteiger partial charge in [0, 0.05) is 33.9 Å². The summed E-state index contributed by atoms with van der Waals surface area (Å²) in [5.41, 5.74) is 1.22. The van der Waals surface area contributed by atoms with E-state index in [4.69, 9.17) is 13.3 Å². The Morgan fingerprint density at radius 2 is 1.70 bits per heavy atom. The van der Waals surface area contributed by atoms with E-state index in [-0.39, 0.29) is 0 Å². The van der Waals surface area contributed by atoms with E-state index in [1.165, 1.54) is 5.56 Å². The van der Waals surface area contributed by atoms with E-state index in [1.54, 1.807) is 21.3 Å². The predicted octanol–water partition coefficient (Wildman–Crippen LogP) is 2.56. The van der Waals surface area contributed by atoms with E-state index in [9.17, 15) is 0 Å². The van der Waals surface area contributed by atoms with Crippen molar-refractivity contribution in [2.75, 3.05) is 34.4 Å². The van der Waals surface area contributed by atoms with E-state index in [0.29, 0.717) is 0 Å². The molecule has 0 bridgehead atoms. The molecule has 0 fully saturated rings. The van der Waals surface area contributed by atoms with Gasteiger partial charge >= 0.3 is 8.80 Å². The summed E-state index contributed by atoms with van der Waals surface area (Å²) in [5.74, 6) is 0. The SMILES string of the molecule is CO[Si](CCCNCC=Cc1ccccc1)(OC)OC. The molecule has 1 aromatic carbocycles. The van der Waals surface area contributed by atoms with Crippen LogP contribution in [0.3, 0.4) is 0 Å². The van der Waals surface area contributed by atoms with Crippen LogP contribution in [0.2, 0.25) is 6.04 Å². The monoisotopic (exact) mass is 295 g/mol. The average Bonchev–Trinajstić information content (AvgIpc) is 2.52. The second kappa shape index (κ2) is 9.85. The number of nitrogens with one attached hydrogen (secondary N) is 1. The standard InChI is InChI=1S/C15H25NO3Si/c1-17-20(18-2,19-3)14-8-13-16-12-7-11-15-9-5-4-6-10-15/h4-7,9-11,16H,8,12-14H2,1-3H3. The Labute approximate surface area is 123 Å². The van der Waals surface area contributed by atoms with Crippen LogP contribution in [0.1, 0.15) is 12.0 Å². The van der Waals surface area contributed by atoms with E-state index in [2.05, 4.69) is 29.6 Å². The van der Waals surface area contributed by atoms with Gasteiger partial charge in [-0.3, -0.25) is 0 Å². The molecule has 0 aliphatic heterocycles. The lowest BCUT2D eigenvalue weighted by molar-refractivity contribution is 0.123. The topological polar surface area (TPSA) is 39.7 Å². The lowest BCUT2D eigenvalue weighted by Crippen LogP contribution is -2.43. The summed E-state index contributed by atoms with van der Waals surface area (Å²) in [7, 11) is 2.55. The van der Waals surface area contributed by atoms with Gasteiger partial charge in [-0.2, -0.15) is 0 Å². The van der Waals surface area contributed by atoms with E-state index in [0.717, 1.165) is 25.6 Å². The molecule has 20 heavy (non-hydrogen) atoms. The van der Waals surface area contributed by atoms with Crippen molar-refractivity contribution >= 4 is 14.9 Å². The minimum Gasteiger partial charge on any atom is -0.377 e. The maximum Gasteiger partial charge on any atom is 0.500 e. The van der Waals surface area contributed by atoms with Gasteiger partial charge in [0.25, 0.3) is 0 Å². The molecule has 0 amide bonds. The van der Waals surface area contributed by atoms with Gasteiger partial charge in [-0.1, -0.05) is 42.5 Å². The molecule has 0 saturated carbocycles. The van der Waals surface area contributed by atoms with Crippen molar-refractivity contribution < 1.29 is 13.3 Å². The minimum atomic E-state index is -2.40. The van der Waals surface area contributed by atoms with Gasteiger partial charge in [0.1, 0.15) is 0 Å². The summed E-state index contributed by atoms with van der Waals surface area (Å²) in [4.78, 5) is 0. The molecule has 0 aliphatic rings. The third-order valence-electron chi connectivity index (χ3n) is 3.14. The number of hydrogen-bond donors (Lipinski definition) is 1. The van der Waals surface area contributed by atoms with Gasteiger partial charge in [0.05, 0.1) is 0 Å². The molecule has 0 aromatic heterocycles. The highest BCUT2D eigenvalue weighted by Gasteiger charge is 2.36. The molecular formula is C15H25NO3Si. The first-order chi connectivity index (χ1) is 9.76. The van der Waals surface area contributed by atoms with Crippen molar-refractivity contribution in [1.29, 1.82) is 0 Å². The van der Waals surface area contributed by atoms with Crippen molar-refractivity contribution in [3.8, 4) is 0 Å². The summed E-state index contributed by atoms with van der Waals surface area (Å²) in [6.07, 6.45) is 5.22. The second-order valence-corrected chi connectivity index (χ2v) is 7.51. The molecule has 0 radical (unpaired) electrons. The highest BCUT2D eigenvalue weighted by molar-refractivity contribution is 6.60. The van der Waals surface area contributed by atoms with Crippen LogP contribution in [0.4, 0.5) is 0 Å². The Morgan fingerprint density at radius 1 is 1.05 bits per heavy atom. The van der Waals surface area contributed by atoms with Crippen LogP contribution in [-0.2, 0) is 13.3 Å². The first kappa shape index (κ1) is 17.1. The first-order valence-electron chi connectivity index (χ1n) is 6.84. The Kier molecular flexibility index (Phi) is 8.40. The van der Waals surface area contributed by atoms with Crippen molar-refractivity contribution in [3.63, 3.8) is 0 Å². The molecule has 0 spiro atoms. The summed E-state index contributed by atoms with van der Waals surface area (Å²) < 4.78 is 16.1. The molecule has 0 aliphatic carbocycles. The van der Waals surface area contributed by atoms with Crippen LogP contribution < -0.4 is 5.32 Å². The number of hydrogen-bond acceptors (Lipinski definition) is 4. The molecule has 1 aromatic rings. The van der Waals surface area contributed by atoms with Gasteiger partial charge in [0.2, 0.25) is 0 Å². The zero-order chi connectivity index (χ0) is 14.7. The van der Waals surface area contributed by atoms with Crippen LogP contribution >= 0.6 is 0 Å². The molecule has 0 unspecified atom stereocenters. The largest absolute Gasteiger partial charge is 0.500 e. The zero-order valence-corrected chi connectivity index (χ0v) is 13.6. The van der Waals surface area contributed by atoms with Crippen LogP contribution in [0.15, 0.2) is 36.4 Å². The third kappa shape index (κ3) is 5.98. The highest BCUT2D eigenvalue weighted by atomic mass is 28.4. The van der Waals surface area contributed by atoms with Gasteiger partial charge < -0.3 is 18.6 Å². The van der Waals surface area contributed by atoms with Crippen LogP contribution in [0.25, 0.3) is 6.08 Å².